The first-order valence-corrected chi connectivity index (χ1v) is 6.90. The first-order valence-electron chi connectivity index (χ1n) is 6.90. The van der Waals surface area contributed by atoms with Crippen LogP contribution in [-0.2, 0) is 4.74 Å². The van der Waals surface area contributed by atoms with Crippen molar-refractivity contribution in [3.05, 3.63) is 34.4 Å². The molecule has 1 rings (SSSR count). The molecule has 1 aromatic rings. The Hall–Kier alpha value is -1.41. The van der Waals surface area contributed by atoms with Crippen LogP contribution in [0.4, 0.5) is 5.69 Å². The SMILES string of the molecule is CN(C)CCNCCOCCOc1ccccc1[N+](=O)[O-].Cl. The van der Waals surface area contributed by atoms with Crippen molar-refractivity contribution >= 4 is 18.1 Å². The van der Waals surface area contributed by atoms with Gasteiger partial charge in [0.2, 0.25) is 0 Å². The topological polar surface area (TPSA) is 76.9 Å². The summed E-state index contributed by atoms with van der Waals surface area (Å²) < 4.78 is 10.8. The van der Waals surface area contributed by atoms with Crippen LogP contribution in [0.3, 0.4) is 0 Å². The monoisotopic (exact) mass is 333 g/mol. The van der Waals surface area contributed by atoms with Gasteiger partial charge in [-0.15, -0.1) is 12.4 Å². The van der Waals surface area contributed by atoms with Gasteiger partial charge in [-0.05, 0) is 20.2 Å². The fourth-order valence-corrected chi connectivity index (χ4v) is 1.61. The molecule has 0 unspecified atom stereocenters. The number of para-hydroxylation sites is 2. The van der Waals surface area contributed by atoms with Crippen molar-refractivity contribution in [2.75, 3.05) is 53.6 Å². The maximum absolute atomic E-state index is 10.8. The van der Waals surface area contributed by atoms with Crippen molar-refractivity contribution in [1.29, 1.82) is 0 Å². The molecular weight excluding hydrogens is 310 g/mol. The molecule has 0 heterocycles. The molecule has 126 valence electrons. The minimum Gasteiger partial charge on any atom is -0.484 e. The number of ether oxygens (including phenoxy) is 2. The molecule has 0 saturated heterocycles. The highest BCUT2D eigenvalue weighted by Gasteiger charge is 2.12. The smallest absolute Gasteiger partial charge is 0.310 e. The first-order chi connectivity index (χ1) is 10.1. The predicted molar refractivity (Wildman–Crippen MR) is 88.1 cm³/mol. The van der Waals surface area contributed by atoms with Crippen molar-refractivity contribution < 1.29 is 14.4 Å². The van der Waals surface area contributed by atoms with Gasteiger partial charge in [0.05, 0.1) is 18.1 Å². The van der Waals surface area contributed by atoms with Crippen LogP contribution in [0.15, 0.2) is 24.3 Å². The molecule has 0 radical (unpaired) electrons. The van der Waals surface area contributed by atoms with Gasteiger partial charge in [0.25, 0.3) is 0 Å². The molecule has 7 nitrogen and oxygen atoms in total. The molecule has 0 atom stereocenters. The Bertz CT molecular complexity index is 432. The lowest BCUT2D eigenvalue weighted by Crippen LogP contribution is -2.29. The minimum absolute atomic E-state index is 0. The molecule has 0 fully saturated rings. The Labute approximate surface area is 137 Å². The Balaban J connectivity index is 0.00000441. The molecule has 0 aliphatic carbocycles. The van der Waals surface area contributed by atoms with Crippen LogP contribution < -0.4 is 10.1 Å². The van der Waals surface area contributed by atoms with E-state index in [0.29, 0.717) is 19.8 Å². The zero-order valence-corrected chi connectivity index (χ0v) is 13.8. The van der Waals surface area contributed by atoms with Gasteiger partial charge in [0.1, 0.15) is 6.61 Å². The average Bonchev–Trinajstić information content (AvgIpc) is 2.45. The first kappa shape index (κ1) is 20.6. The highest BCUT2D eigenvalue weighted by molar-refractivity contribution is 5.85. The number of rotatable bonds is 11. The van der Waals surface area contributed by atoms with E-state index in [1.807, 2.05) is 14.1 Å². The quantitative estimate of drug-likeness (QED) is 0.376. The van der Waals surface area contributed by atoms with Crippen molar-refractivity contribution in [2.45, 2.75) is 0 Å². The number of likely N-dealkylation sites (N-methyl/N-ethyl adjacent to an activating group) is 1. The number of halogens is 1. The van der Waals surface area contributed by atoms with E-state index in [2.05, 4.69) is 10.2 Å². The molecule has 1 N–H and O–H groups in total. The predicted octanol–water partition coefficient (Wildman–Crippen LogP) is 1.56. The third-order valence-electron chi connectivity index (χ3n) is 2.71. The lowest BCUT2D eigenvalue weighted by molar-refractivity contribution is -0.385. The summed E-state index contributed by atoms with van der Waals surface area (Å²) in [7, 11) is 4.05. The molecule has 0 spiro atoms. The highest BCUT2D eigenvalue weighted by atomic mass is 35.5. The lowest BCUT2D eigenvalue weighted by atomic mass is 10.3. The van der Waals surface area contributed by atoms with E-state index in [1.165, 1.54) is 6.07 Å². The second-order valence-electron chi connectivity index (χ2n) is 4.74. The van der Waals surface area contributed by atoms with Gasteiger partial charge < -0.3 is 19.7 Å². The zero-order valence-electron chi connectivity index (χ0n) is 13.0. The summed E-state index contributed by atoms with van der Waals surface area (Å²) in [5, 5.41) is 14.0. The van der Waals surface area contributed by atoms with Gasteiger partial charge in [-0.3, -0.25) is 10.1 Å². The van der Waals surface area contributed by atoms with E-state index in [0.717, 1.165) is 19.6 Å². The van der Waals surface area contributed by atoms with Gasteiger partial charge in [0.15, 0.2) is 5.75 Å². The van der Waals surface area contributed by atoms with Crippen molar-refractivity contribution in [3.63, 3.8) is 0 Å². The number of hydrogen-bond donors (Lipinski definition) is 1. The number of nitrogens with zero attached hydrogens (tertiary/aromatic N) is 2. The van der Waals surface area contributed by atoms with E-state index >= 15 is 0 Å². The maximum atomic E-state index is 10.8. The van der Waals surface area contributed by atoms with Crippen LogP contribution in [0.2, 0.25) is 0 Å². The van der Waals surface area contributed by atoms with Crippen LogP contribution in [0.5, 0.6) is 5.75 Å². The summed E-state index contributed by atoms with van der Waals surface area (Å²) in [6.45, 7) is 3.97. The second kappa shape index (κ2) is 12.2. The van der Waals surface area contributed by atoms with Crippen LogP contribution in [0.25, 0.3) is 0 Å². The Morgan fingerprint density at radius 1 is 1.18 bits per heavy atom. The molecule has 22 heavy (non-hydrogen) atoms. The highest BCUT2D eigenvalue weighted by Crippen LogP contribution is 2.25. The molecule has 0 amide bonds. The standard InChI is InChI=1S/C14H23N3O4.ClH/c1-16(2)9-7-15-8-10-20-11-12-21-14-6-4-3-5-13(14)17(18)19;/h3-6,15H,7-12H2,1-2H3;1H. The van der Waals surface area contributed by atoms with Crippen molar-refractivity contribution in [2.24, 2.45) is 0 Å². The number of nitrogens with one attached hydrogen (secondary N) is 1. The van der Waals surface area contributed by atoms with Crippen LogP contribution in [0.1, 0.15) is 0 Å². The van der Waals surface area contributed by atoms with E-state index < -0.39 is 4.92 Å². The fraction of sp³-hybridized carbons (Fsp3) is 0.571. The molecule has 0 bridgehead atoms. The molecule has 0 aromatic heterocycles. The van der Waals surface area contributed by atoms with Gasteiger partial charge in [-0.1, -0.05) is 12.1 Å². The van der Waals surface area contributed by atoms with E-state index in [4.69, 9.17) is 9.47 Å². The normalized spacial score (nSPS) is 10.3. The summed E-state index contributed by atoms with van der Waals surface area (Å²) >= 11 is 0. The Morgan fingerprint density at radius 2 is 1.91 bits per heavy atom. The summed E-state index contributed by atoms with van der Waals surface area (Å²) in [5.41, 5.74) is -0.0251. The number of hydrogen-bond acceptors (Lipinski definition) is 6. The van der Waals surface area contributed by atoms with E-state index in [-0.39, 0.29) is 23.8 Å². The van der Waals surface area contributed by atoms with Gasteiger partial charge in [0, 0.05) is 25.7 Å². The fourth-order valence-electron chi connectivity index (χ4n) is 1.61. The molecular formula is C14H24ClN3O4. The Kier molecular flexibility index (Phi) is 11.4. The van der Waals surface area contributed by atoms with E-state index in [9.17, 15) is 10.1 Å². The summed E-state index contributed by atoms with van der Waals surface area (Å²) in [4.78, 5) is 12.4. The summed E-state index contributed by atoms with van der Waals surface area (Å²) in [6, 6.07) is 6.32. The van der Waals surface area contributed by atoms with Crippen molar-refractivity contribution in [1.82, 2.24) is 10.2 Å². The third kappa shape index (κ3) is 8.78. The number of benzene rings is 1. The molecule has 0 aliphatic heterocycles. The Morgan fingerprint density at radius 3 is 2.59 bits per heavy atom. The van der Waals surface area contributed by atoms with Crippen molar-refractivity contribution in [3.8, 4) is 5.75 Å². The van der Waals surface area contributed by atoms with Gasteiger partial charge in [-0.25, -0.2) is 0 Å². The van der Waals surface area contributed by atoms with Crippen LogP contribution in [-0.4, -0.2) is 63.4 Å². The summed E-state index contributed by atoms with van der Waals surface area (Å²) in [5.74, 6) is 0.273. The number of nitro groups is 1. The van der Waals surface area contributed by atoms with E-state index in [1.54, 1.807) is 18.2 Å². The third-order valence-corrected chi connectivity index (χ3v) is 2.71. The maximum Gasteiger partial charge on any atom is 0.310 e. The van der Waals surface area contributed by atoms with Gasteiger partial charge >= 0.3 is 5.69 Å². The average molecular weight is 334 g/mol. The zero-order chi connectivity index (χ0) is 15.5. The minimum atomic E-state index is -0.454. The van der Waals surface area contributed by atoms with Crippen LogP contribution >= 0.6 is 12.4 Å². The van der Waals surface area contributed by atoms with Crippen LogP contribution in [0, 0.1) is 10.1 Å². The molecule has 1 aromatic carbocycles. The second-order valence-corrected chi connectivity index (χ2v) is 4.74. The molecule has 0 saturated carbocycles. The molecule has 8 heteroatoms. The summed E-state index contributed by atoms with van der Waals surface area (Å²) in [6.07, 6.45) is 0. The largest absolute Gasteiger partial charge is 0.484 e. The van der Waals surface area contributed by atoms with Gasteiger partial charge in [-0.2, -0.15) is 0 Å². The molecule has 0 aliphatic rings. The lowest BCUT2D eigenvalue weighted by Gasteiger charge is -2.10. The number of nitro benzene ring substituents is 1.